The number of halogens is 7. The molecule has 0 spiro atoms. The van der Waals surface area contributed by atoms with Gasteiger partial charge in [-0.3, -0.25) is 23.9 Å². The predicted octanol–water partition coefficient (Wildman–Crippen LogP) is 5.33. The molecule has 2 aliphatic rings. The van der Waals surface area contributed by atoms with Gasteiger partial charge < -0.3 is 11.1 Å². The zero-order chi connectivity index (χ0) is 39.2. The van der Waals surface area contributed by atoms with Crippen LogP contribution in [0.2, 0.25) is 0 Å². The normalized spacial score (nSPS) is 18.0. The van der Waals surface area contributed by atoms with Crippen LogP contribution >= 0.6 is 0 Å². The van der Waals surface area contributed by atoms with E-state index in [1.807, 2.05) is 0 Å². The van der Waals surface area contributed by atoms with Gasteiger partial charge in [0.15, 0.2) is 11.5 Å². The lowest BCUT2D eigenvalue weighted by atomic mass is 9.94. The summed E-state index contributed by atoms with van der Waals surface area (Å²) in [4.78, 5) is 30.6. The first kappa shape index (κ1) is 36.8. The summed E-state index contributed by atoms with van der Waals surface area (Å²) in [7, 11) is -2.68. The molecular formula is C34H29F7N8O4S. The number of hydrogen-bond acceptors (Lipinski definition) is 8. The Bertz CT molecular complexity index is 2480. The number of fused-ring (bicyclic) bond motifs is 4. The minimum absolute atomic E-state index is 0.0113. The number of nitrogens with two attached hydrogens (primary N) is 1. The third-order valence-corrected chi connectivity index (χ3v) is 10.5. The van der Waals surface area contributed by atoms with Crippen molar-refractivity contribution in [3.8, 4) is 11.1 Å². The van der Waals surface area contributed by atoms with Gasteiger partial charge in [-0.2, -0.15) is 36.5 Å². The van der Waals surface area contributed by atoms with E-state index < -0.39 is 86.9 Å². The summed E-state index contributed by atoms with van der Waals surface area (Å²) < 4.78 is 128. The quantitative estimate of drug-likeness (QED) is 0.190. The van der Waals surface area contributed by atoms with E-state index in [0.717, 1.165) is 25.3 Å². The molecule has 2 amide bonds. The molecular weight excluding hydrogens is 749 g/mol. The first-order chi connectivity index (χ1) is 25.2. The number of para-hydroxylation sites is 1. The van der Waals surface area contributed by atoms with E-state index in [4.69, 9.17) is 5.73 Å². The second-order valence-electron chi connectivity index (χ2n) is 13.3. The Labute approximate surface area is 301 Å². The van der Waals surface area contributed by atoms with E-state index >= 15 is 8.78 Å². The molecule has 3 N–H and O–H groups in total. The fourth-order valence-corrected chi connectivity index (χ4v) is 8.28. The second kappa shape index (κ2) is 12.5. The van der Waals surface area contributed by atoms with E-state index in [1.54, 1.807) is 6.07 Å². The van der Waals surface area contributed by atoms with E-state index in [0.29, 0.717) is 20.6 Å². The van der Waals surface area contributed by atoms with Crippen LogP contribution in [0, 0.1) is 17.6 Å². The summed E-state index contributed by atoms with van der Waals surface area (Å²) in [6.07, 6.45) is -3.55. The van der Waals surface area contributed by atoms with Crippen molar-refractivity contribution in [1.29, 1.82) is 0 Å². The number of nitrogen functional groups attached to an aromatic ring is 1. The minimum atomic E-state index is -5.07. The average Bonchev–Trinajstić information content (AvgIpc) is 3.58. The zero-order valence-electron chi connectivity index (χ0n) is 28.4. The Morgan fingerprint density at radius 1 is 1.09 bits per heavy atom. The maximum atomic E-state index is 15.3. The number of alkyl halides is 5. The van der Waals surface area contributed by atoms with Gasteiger partial charge in [0.05, 0.1) is 35.4 Å². The molecule has 0 bridgehead atoms. The summed E-state index contributed by atoms with van der Waals surface area (Å²) in [5.74, 6) is -10.1. The van der Waals surface area contributed by atoms with Gasteiger partial charge in [-0.15, -0.1) is 0 Å². The van der Waals surface area contributed by atoms with Crippen molar-refractivity contribution < 1.29 is 48.7 Å². The number of benzene rings is 2. The number of nitrogens with zero attached hydrogens (tertiary/aromatic N) is 6. The number of anilines is 2. The lowest BCUT2D eigenvalue weighted by Gasteiger charge is -2.23. The number of nitrogens with one attached hydrogen (secondary N) is 1. The molecule has 3 heterocycles. The Kier molecular flexibility index (Phi) is 8.54. The summed E-state index contributed by atoms with van der Waals surface area (Å²) in [6.45, 7) is -0.0298. The largest absolute Gasteiger partial charge is 0.435 e. The van der Waals surface area contributed by atoms with Gasteiger partial charge in [0.1, 0.15) is 23.9 Å². The first-order valence-corrected chi connectivity index (χ1v) is 18.0. The highest BCUT2D eigenvalue weighted by molar-refractivity contribution is 7.92. The smallest absolute Gasteiger partial charge is 0.397 e. The molecule has 3 aromatic heterocycles. The Morgan fingerprint density at radius 3 is 2.41 bits per heavy atom. The Hall–Kier alpha value is -5.53. The van der Waals surface area contributed by atoms with Crippen molar-refractivity contribution in [3.05, 3.63) is 88.5 Å². The van der Waals surface area contributed by atoms with Gasteiger partial charge in [0.25, 0.3) is 5.92 Å². The van der Waals surface area contributed by atoms with Crippen LogP contribution < -0.4 is 15.4 Å². The van der Waals surface area contributed by atoms with Gasteiger partial charge in [-0.25, -0.2) is 17.2 Å². The molecule has 1 saturated carbocycles. The molecule has 2 aromatic carbocycles. The molecule has 5 aromatic rings. The van der Waals surface area contributed by atoms with E-state index in [1.165, 1.54) is 36.1 Å². The van der Waals surface area contributed by atoms with Gasteiger partial charge in [-0.1, -0.05) is 12.1 Å². The number of rotatable bonds is 9. The topological polar surface area (TPSA) is 158 Å². The monoisotopic (exact) mass is 778 g/mol. The van der Waals surface area contributed by atoms with Gasteiger partial charge in [-0.05, 0) is 48.6 Å². The van der Waals surface area contributed by atoms with Crippen LogP contribution in [0.25, 0.3) is 22.0 Å². The number of amides is 2. The van der Waals surface area contributed by atoms with Crippen molar-refractivity contribution in [3.63, 3.8) is 0 Å². The maximum Gasteiger partial charge on any atom is 0.435 e. The van der Waals surface area contributed by atoms with Gasteiger partial charge >= 0.3 is 6.18 Å². The fraction of sp³-hybridized carbons (Fsp3) is 0.324. The summed E-state index contributed by atoms with van der Waals surface area (Å²) in [6, 6.07) is 7.30. The number of sulfonamides is 1. The average molecular weight is 779 g/mol. The molecule has 0 aliphatic heterocycles. The van der Waals surface area contributed by atoms with Gasteiger partial charge in [0.2, 0.25) is 21.8 Å². The zero-order valence-corrected chi connectivity index (χ0v) is 29.2. The molecule has 3 unspecified atom stereocenters. The molecule has 0 saturated heterocycles. The molecule has 3 atom stereocenters. The van der Waals surface area contributed by atoms with Crippen molar-refractivity contribution in [2.75, 3.05) is 16.3 Å². The lowest BCUT2D eigenvalue weighted by Crippen LogP contribution is -2.35. The van der Waals surface area contributed by atoms with E-state index in [9.17, 15) is 40.0 Å². The lowest BCUT2D eigenvalue weighted by molar-refractivity contribution is -0.142. The van der Waals surface area contributed by atoms with Crippen molar-refractivity contribution in [1.82, 2.24) is 29.9 Å². The van der Waals surface area contributed by atoms with Crippen LogP contribution in [0.15, 0.2) is 48.7 Å². The molecule has 7 rings (SSSR count). The minimum Gasteiger partial charge on any atom is -0.397 e. The Morgan fingerprint density at radius 2 is 1.78 bits per heavy atom. The first-order valence-electron chi connectivity index (χ1n) is 16.2. The van der Waals surface area contributed by atoms with Crippen LogP contribution in [0.5, 0.6) is 0 Å². The summed E-state index contributed by atoms with van der Waals surface area (Å²) in [5.41, 5.74) is 3.90. The molecule has 20 heteroatoms. The molecule has 12 nitrogen and oxygen atoms in total. The van der Waals surface area contributed by atoms with Crippen molar-refractivity contribution >= 4 is 44.2 Å². The molecule has 0 radical (unpaired) electrons. The van der Waals surface area contributed by atoms with E-state index in [-0.39, 0.29) is 52.1 Å². The van der Waals surface area contributed by atoms with Gasteiger partial charge in [0, 0.05) is 48.0 Å². The van der Waals surface area contributed by atoms with Crippen LogP contribution in [-0.4, -0.2) is 51.0 Å². The predicted molar refractivity (Wildman–Crippen MR) is 179 cm³/mol. The van der Waals surface area contributed by atoms with E-state index in [2.05, 4.69) is 20.5 Å². The number of carbonyl (C=O) groups excluding carboxylic acids is 2. The van der Waals surface area contributed by atoms with Crippen LogP contribution in [0.1, 0.15) is 53.5 Å². The highest BCUT2D eigenvalue weighted by Gasteiger charge is 2.68. The highest BCUT2D eigenvalue weighted by Crippen LogP contribution is 2.68. The maximum absolute atomic E-state index is 15.3. The van der Waals surface area contributed by atoms with Crippen LogP contribution in [0.4, 0.5) is 42.2 Å². The standard InChI is InChI=1S/C34H29F7N8O4S/c1-15(50)49(54(3,52)53)32-21-6-4-5-20(29(21)47(2)46-32)22-11-19(42)13-43-28(22)25(9-16-7-17(35)10-18(36)8-16)44-26(51)14-48-31-27(30(45-48)34(39,40)41)23-12-24(23)33(31,37)38/h4-8,10-11,13,23-25H,9,12,14,42H2,1-3H3,(H,44,51). The molecule has 1 fully saturated rings. The number of carbonyl (C=O) groups is 2. The Balaban J connectivity index is 1.34. The number of pyridine rings is 1. The number of aromatic nitrogens is 5. The number of aryl methyl sites for hydroxylation is 1. The number of hydrogen-bond donors (Lipinski definition) is 2. The summed E-state index contributed by atoms with van der Waals surface area (Å²) >= 11 is 0. The molecule has 54 heavy (non-hydrogen) atoms. The van der Waals surface area contributed by atoms with Crippen LogP contribution in [-0.2, 0) is 51.7 Å². The summed E-state index contributed by atoms with van der Waals surface area (Å²) in [5, 5.41) is 10.5. The molecule has 284 valence electrons. The third kappa shape index (κ3) is 6.30. The fourth-order valence-electron chi connectivity index (χ4n) is 7.36. The third-order valence-electron chi connectivity index (χ3n) is 9.41. The highest BCUT2D eigenvalue weighted by atomic mass is 32.2. The SMILES string of the molecule is CC(=O)N(c1nn(C)c2c(-c3cc(N)cnc3C(Cc3cc(F)cc(F)c3)NC(=O)Cn3nc(C(F)(F)F)c4c3C(F)(F)C3CC43)cccc12)S(C)(=O)=O. The van der Waals surface area contributed by atoms with Crippen LogP contribution in [0.3, 0.4) is 0 Å². The van der Waals surface area contributed by atoms with Crippen molar-refractivity contribution in [2.24, 2.45) is 13.0 Å². The van der Waals surface area contributed by atoms with Crippen molar-refractivity contribution in [2.45, 2.75) is 50.4 Å². The molecule has 2 aliphatic carbocycles. The second-order valence-corrected chi connectivity index (χ2v) is 15.2.